The number of para-hydroxylation sites is 1. The Labute approximate surface area is 157 Å². The van der Waals surface area contributed by atoms with Gasteiger partial charge in [-0.15, -0.1) is 0 Å². The van der Waals surface area contributed by atoms with Crippen LogP contribution in [0.5, 0.6) is 11.5 Å². The molecule has 0 radical (unpaired) electrons. The molecular weight excluding hydrogens is 350 g/mol. The first-order chi connectivity index (χ1) is 12.9. The molecule has 1 fully saturated rings. The summed E-state index contributed by atoms with van der Waals surface area (Å²) in [6, 6.07) is 5.38. The Balaban J connectivity index is 1.96. The number of likely N-dealkylation sites (tertiary alicyclic amines) is 1. The van der Waals surface area contributed by atoms with E-state index in [0.29, 0.717) is 22.8 Å². The summed E-state index contributed by atoms with van der Waals surface area (Å²) in [5.74, 6) is -1.24. The van der Waals surface area contributed by atoms with E-state index in [4.69, 9.17) is 9.47 Å². The molecule has 0 bridgehead atoms. The number of aryl methyl sites for hydroxylation is 2. The van der Waals surface area contributed by atoms with Gasteiger partial charge in [-0.05, 0) is 13.0 Å². The number of carbonyl (C=O) groups is 2. The first-order valence-electron chi connectivity index (χ1n) is 8.60. The monoisotopic (exact) mass is 373 g/mol. The van der Waals surface area contributed by atoms with Crippen LogP contribution in [-0.2, 0) is 11.8 Å². The number of carboxylic acids is 1. The molecule has 0 aliphatic carbocycles. The van der Waals surface area contributed by atoms with Crippen molar-refractivity contribution in [3.8, 4) is 11.5 Å². The first-order valence-corrected chi connectivity index (χ1v) is 8.60. The van der Waals surface area contributed by atoms with Crippen molar-refractivity contribution in [2.45, 2.75) is 12.8 Å². The Bertz CT molecular complexity index is 876. The second-order valence-electron chi connectivity index (χ2n) is 6.65. The Morgan fingerprint density at radius 1 is 1.22 bits per heavy atom. The average molecular weight is 373 g/mol. The molecule has 0 spiro atoms. The van der Waals surface area contributed by atoms with E-state index in [1.807, 2.05) is 6.07 Å². The van der Waals surface area contributed by atoms with Crippen LogP contribution in [0.3, 0.4) is 0 Å². The third kappa shape index (κ3) is 3.34. The Hall–Kier alpha value is -3.03. The molecule has 2 aromatic rings. The fourth-order valence-corrected chi connectivity index (χ4v) is 3.72. The molecular formula is C19H23N3O5. The summed E-state index contributed by atoms with van der Waals surface area (Å²) in [6.45, 7) is 2.18. The van der Waals surface area contributed by atoms with Crippen LogP contribution in [0.4, 0.5) is 0 Å². The van der Waals surface area contributed by atoms with Gasteiger partial charge < -0.3 is 19.5 Å². The SMILES string of the molecule is COc1cccc([C@H]2CN(C(=O)c3cn(C)nc3C)C[C@@H]2C(=O)O)c1OC. The van der Waals surface area contributed by atoms with Crippen LogP contribution in [-0.4, -0.2) is 59.0 Å². The average Bonchev–Trinajstić information content (AvgIpc) is 3.23. The van der Waals surface area contributed by atoms with Crippen molar-refractivity contribution in [1.82, 2.24) is 14.7 Å². The lowest BCUT2D eigenvalue weighted by molar-refractivity contribution is -0.141. The molecule has 1 amide bonds. The summed E-state index contributed by atoms with van der Waals surface area (Å²) in [6.07, 6.45) is 1.66. The Morgan fingerprint density at radius 3 is 2.52 bits per heavy atom. The van der Waals surface area contributed by atoms with E-state index < -0.39 is 17.8 Å². The Kier molecular flexibility index (Phi) is 5.07. The van der Waals surface area contributed by atoms with Crippen LogP contribution in [0.2, 0.25) is 0 Å². The van der Waals surface area contributed by atoms with Crippen molar-refractivity contribution in [2.24, 2.45) is 13.0 Å². The minimum atomic E-state index is -0.942. The maximum absolute atomic E-state index is 12.9. The highest BCUT2D eigenvalue weighted by molar-refractivity contribution is 5.95. The largest absolute Gasteiger partial charge is 0.493 e. The van der Waals surface area contributed by atoms with Crippen LogP contribution in [0.25, 0.3) is 0 Å². The zero-order chi connectivity index (χ0) is 19.7. The van der Waals surface area contributed by atoms with Gasteiger partial charge in [0.2, 0.25) is 0 Å². The third-order valence-corrected chi connectivity index (χ3v) is 5.00. The van der Waals surface area contributed by atoms with Gasteiger partial charge in [0, 0.05) is 37.8 Å². The smallest absolute Gasteiger partial charge is 0.308 e. The van der Waals surface area contributed by atoms with E-state index in [-0.39, 0.29) is 19.0 Å². The van der Waals surface area contributed by atoms with Gasteiger partial charge in [-0.3, -0.25) is 14.3 Å². The van der Waals surface area contributed by atoms with Gasteiger partial charge in [-0.1, -0.05) is 12.1 Å². The predicted molar refractivity (Wildman–Crippen MR) is 97.3 cm³/mol. The van der Waals surface area contributed by atoms with E-state index in [1.54, 1.807) is 41.9 Å². The fraction of sp³-hybridized carbons (Fsp3) is 0.421. The van der Waals surface area contributed by atoms with Crippen LogP contribution in [0, 0.1) is 12.8 Å². The van der Waals surface area contributed by atoms with Crippen LogP contribution < -0.4 is 9.47 Å². The van der Waals surface area contributed by atoms with Gasteiger partial charge in [0.05, 0.1) is 31.4 Å². The zero-order valence-electron chi connectivity index (χ0n) is 15.8. The van der Waals surface area contributed by atoms with Gasteiger partial charge >= 0.3 is 5.97 Å². The molecule has 8 heteroatoms. The summed E-state index contributed by atoms with van der Waals surface area (Å²) in [5, 5.41) is 13.9. The second kappa shape index (κ2) is 7.30. The molecule has 1 saturated heterocycles. The maximum atomic E-state index is 12.9. The topological polar surface area (TPSA) is 93.9 Å². The predicted octanol–water partition coefficient (Wildman–Crippen LogP) is 1.69. The quantitative estimate of drug-likeness (QED) is 0.857. The van der Waals surface area contributed by atoms with E-state index in [2.05, 4.69) is 5.10 Å². The molecule has 1 aliphatic heterocycles. The van der Waals surface area contributed by atoms with Crippen LogP contribution >= 0.6 is 0 Å². The Morgan fingerprint density at radius 2 is 1.96 bits per heavy atom. The van der Waals surface area contributed by atoms with E-state index >= 15 is 0 Å². The molecule has 8 nitrogen and oxygen atoms in total. The third-order valence-electron chi connectivity index (χ3n) is 5.00. The minimum Gasteiger partial charge on any atom is -0.493 e. The van der Waals surface area contributed by atoms with Gasteiger partial charge in [-0.25, -0.2) is 0 Å². The molecule has 3 rings (SSSR count). The van der Waals surface area contributed by atoms with Crippen LogP contribution in [0.15, 0.2) is 24.4 Å². The molecule has 2 atom stereocenters. The summed E-state index contributed by atoms with van der Waals surface area (Å²) >= 11 is 0. The fourth-order valence-electron chi connectivity index (χ4n) is 3.72. The van der Waals surface area contributed by atoms with E-state index in [1.165, 1.54) is 14.2 Å². The first kappa shape index (κ1) is 18.8. The number of amides is 1. The lowest BCUT2D eigenvalue weighted by atomic mass is 9.88. The van der Waals surface area contributed by atoms with Crippen molar-refractivity contribution < 1.29 is 24.2 Å². The summed E-state index contributed by atoms with van der Waals surface area (Å²) in [4.78, 5) is 26.4. The standard InChI is InChI=1S/C19H23N3O5/c1-11-13(8-21(2)20-11)18(23)22-9-14(15(10-22)19(24)25)12-6-5-7-16(26-3)17(12)27-4/h5-8,14-15H,9-10H2,1-4H3,(H,24,25)/t14-,15+/m1/s1. The highest BCUT2D eigenvalue weighted by atomic mass is 16.5. The van der Waals surface area contributed by atoms with E-state index in [9.17, 15) is 14.7 Å². The summed E-state index contributed by atoms with van der Waals surface area (Å²) in [7, 11) is 4.80. The second-order valence-corrected chi connectivity index (χ2v) is 6.65. The molecule has 2 heterocycles. The number of ether oxygens (including phenoxy) is 2. The van der Waals surface area contributed by atoms with Crippen molar-refractivity contribution in [3.63, 3.8) is 0 Å². The van der Waals surface area contributed by atoms with Crippen molar-refractivity contribution in [1.29, 1.82) is 0 Å². The van der Waals surface area contributed by atoms with E-state index in [0.717, 1.165) is 5.56 Å². The number of aromatic nitrogens is 2. The lowest BCUT2D eigenvalue weighted by Gasteiger charge is -2.20. The molecule has 1 aliphatic rings. The van der Waals surface area contributed by atoms with Crippen molar-refractivity contribution in [3.05, 3.63) is 41.2 Å². The number of hydrogen-bond donors (Lipinski definition) is 1. The molecule has 1 N–H and O–H groups in total. The lowest BCUT2D eigenvalue weighted by Crippen LogP contribution is -2.30. The normalized spacial score (nSPS) is 19.2. The van der Waals surface area contributed by atoms with Crippen molar-refractivity contribution >= 4 is 11.9 Å². The molecule has 0 saturated carbocycles. The molecule has 144 valence electrons. The number of nitrogens with zero attached hydrogens (tertiary/aromatic N) is 3. The van der Waals surface area contributed by atoms with Crippen LogP contribution in [0.1, 0.15) is 27.5 Å². The summed E-state index contributed by atoms with van der Waals surface area (Å²) in [5.41, 5.74) is 1.83. The van der Waals surface area contributed by atoms with Gasteiger partial charge in [-0.2, -0.15) is 5.10 Å². The van der Waals surface area contributed by atoms with Gasteiger partial charge in [0.1, 0.15) is 0 Å². The molecule has 27 heavy (non-hydrogen) atoms. The molecule has 1 aromatic carbocycles. The van der Waals surface area contributed by atoms with Gasteiger partial charge in [0.25, 0.3) is 5.91 Å². The number of rotatable bonds is 5. The number of carbonyl (C=O) groups excluding carboxylic acids is 1. The van der Waals surface area contributed by atoms with Gasteiger partial charge in [0.15, 0.2) is 11.5 Å². The number of benzene rings is 1. The molecule has 1 aromatic heterocycles. The highest BCUT2D eigenvalue weighted by Crippen LogP contribution is 2.42. The number of hydrogen-bond acceptors (Lipinski definition) is 5. The number of aliphatic carboxylic acids is 1. The maximum Gasteiger partial charge on any atom is 0.308 e. The number of methoxy groups -OCH3 is 2. The van der Waals surface area contributed by atoms with Crippen molar-refractivity contribution in [2.75, 3.05) is 27.3 Å². The summed E-state index contributed by atoms with van der Waals surface area (Å²) < 4.78 is 12.4. The highest BCUT2D eigenvalue weighted by Gasteiger charge is 2.42. The minimum absolute atomic E-state index is 0.132. The molecule has 0 unspecified atom stereocenters. The zero-order valence-corrected chi connectivity index (χ0v) is 15.8. The number of carboxylic acid groups (broad SMARTS) is 1.